The lowest BCUT2D eigenvalue weighted by Gasteiger charge is -2.11. The summed E-state index contributed by atoms with van der Waals surface area (Å²) in [5.41, 5.74) is 13.5. The Bertz CT molecular complexity index is 687. The molecule has 2 heterocycles. The van der Waals surface area contributed by atoms with E-state index in [0.717, 1.165) is 12.6 Å². The van der Waals surface area contributed by atoms with Crippen LogP contribution in [0.15, 0.2) is 12.1 Å². The molecule has 0 amide bonds. The highest BCUT2D eigenvalue weighted by molar-refractivity contribution is 5.26. The highest BCUT2D eigenvalue weighted by atomic mass is 15.0. The minimum atomic E-state index is 0.646. The number of nitrogens with one attached hydrogen (secondary N) is 1. The molecule has 2 aromatic rings. The van der Waals surface area contributed by atoms with Crippen molar-refractivity contribution in [2.45, 2.75) is 72.5 Å². The first kappa shape index (κ1) is 19.8. The minimum absolute atomic E-state index is 0.646. The number of nitrogens with zero attached hydrogens (tertiary/aromatic N) is 2. The molecule has 140 valence electrons. The van der Waals surface area contributed by atoms with Gasteiger partial charge >= 0.3 is 0 Å². The Hall–Kier alpha value is -1.52. The molecule has 1 saturated carbocycles. The second kappa shape index (κ2) is 8.72. The number of aryl methyl sites for hydroxylation is 2. The molecule has 0 radical (unpaired) electrons. The van der Waals surface area contributed by atoms with Crippen LogP contribution in [0.1, 0.15) is 59.6 Å². The van der Waals surface area contributed by atoms with Gasteiger partial charge in [0.05, 0.1) is 0 Å². The summed E-state index contributed by atoms with van der Waals surface area (Å²) >= 11 is 0. The Kier molecular flexibility index (Phi) is 6.91. The molecule has 4 heteroatoms. The van der Waals surface area contributed by atoms with Gasteiger partial charge in [-0.05, 0) is 63.8 Å². The van der Waals surface area contributed by atoms with E-state index in [4.69, 9.17) is 5.73 Å². The first-order chi connectivity index (χ1) is 11.8. The van der Waals surface area contributed by atoms with Crippen LogP contribution < -0.4 is 11.1 Å². The number of aromatic nitrogens is 2. The van der Waals surface area contributed by atoms with Gasteiger partial charge in [-0.3, -0.25) is 0 Å². The van der Waals surface area contributed by atoms with E-state index in [1.807, 2.05) is 0 Å². The quantitative estimate of drug-likeness (QED) is 0.887. The van der Waals surface area contributed by atoms with Crippen LogP contribution in [0.3, 0.4) is 0 Å². The summed E-state index contributed by atoms with van der Waals surface area (Å²) in [6, 6.07) is 5.21. The molecule has 0 unspecified atom stereocenters. The molecular weight excluding hydrogens is 308 g/mol. The van der Waals surface area contributed by atoms with Crippen molar-refractivity contribution >= 4 is 0 Å². The highest BCUT2D eigenvalue weighted by Gasteiger charge is 2.15. The summed E-state index contributed by atoms with van der Waals surface area (Å²) in [5.74, 6) is 0. The monoisotopic (exact) mass is 344 g/mol. The SMILES string of the molecule is Cc1cc(CN)c(C)n1C.Cc1cc(CNC2CCCC2)c(C)n1C. The maximum absolute atomic E-state index is 5.52. The van der Waals surface area contributed by atoms with E-state index < -0.39 is 0 Å². The van der Waals surface area contributed by atoms with Gasteiger partial charge in [-0.25, -0.2) is 0 Å². The van der Waals surface area contributed by atoms with Crippen molar-refractivity contribution in [2.75, 3.05) is 0 Å². The summed E-state index contributed by atoms with van der Waals surface area (Å²) < 4.78 is 4.42. The van der Waals surface area contributed by atoms with Gasteiger partial charge in [0.15, 0.2) is 0 Å². The average molecular weight is 345 g/mol. The van der Waals surface area contributed by atoms with E-state index in [1.165, 1.54) is 59.6 Å². The summed E-state index contributed by atoms with van der Waals surface area (Å²) in [6.07, 6.45) is 5.55. The Morgan fingerprint density at radius 3 is 1.76 bits per heavy atom. The van der Waals surface area contributed by atoms with Gasteiger partial charge < -0.3 is 20.2 Å². The Morgan fingerprint density at radius 1 is 0.920 bits per heavy atom. The van der Waals surface area contributed by atoms with Gasteiger partial charge in [0.1, 0.15) is 0 Å². The Labute approximate surface area is 153 Å². The van der Waals surface area contributed by atoms with Crippen LogP contribution in [0.4, 0.5) is 0 Å². The van der Waals surface area contributed by atoms with E-state index >= 15 is 0 Å². The van der Waals surface area contributed by atoms with E-state index in [2.05, 4.69) is 68.4 Å². The standard InChI is InChI=1S/C13H22N2.C8H14N2/c1-10-8-12(11(2)15(10)3)9-14-13-6-4-5-7-13;1-6-4-8(5-9)7(2)10(6)3/h8,13-14H,4-7,9H2,1-3H3;4H,5,9H2,1-3H3. The molecule has 0 saturated heterocycles. The first-order valence-corrected chi connectivity index (χ1v) is 9.52. The lowest BCUT2D eigenvalue weighted by atomic mass is 10.2. The van der Waals surface area contributed by atoms with Crippen LogP contribution in [0, 0.1) is 27.7 Å². The van der Waals surface area contributed by atoms with Crippen LogP contribution in [-0.4, -0.2) is 15.2 Å². The fourth-order valence-electron chi connectivity index (χ4n) is 3.64. The predicted octanol–water partition coefficient (Wildman–Crippen LogP) is 3.77. The molecule has 1 aliphatic rings. The van der Waals surface area contributed by atoms with E-state index in [1.54, 1.807) is 0 Å². The molecule has 25 heavy (non-hydrogen) atoms. The third kappa shape index (κ3) is 4.77. The maximum Gasteiger partial charge on any atom is 0.0225 e. The molecule has 0 aromatic carbocycles. The predicted molar refractivity (Wildman–Crippen MR) is 107 cm³/mol. The molecule has 3 rings (SSSR count). The average Bonchev–Trinajstić information content (AvgIpc) is 3.27. The second-order valence-electron chi connectivity index (χ2n) is 7.48. The van der Waals surface area contributed by atoms with Crippen LogP contribution in [0.5, 0.6) is 0 Å². The van der Waals surface area contributed by atoms with Crippen LogP contribution in [0.25, 0.3) is 0 Å². The van der Waals surface area contributed by atoms with Crippen LogP contribution in [-0.2, 0) is 27.2 Å². The molecule has 0 bridgehead atoms. The number of rotatable bonds is 4. The van der Waals surface area contributed by atoms with Gasteiger partial charge in [0.2, 0.25) is 0 Å². The highest BCUT2D eigenvalue weighted by Crippen LogP contribution is 2.19. The van der Waals surface area contributed by atoms with Crippen molar-refractivity contribution < 1.29 is 0 Å². The molecule has 3 N–H and O–H groups in total. The van der Waals surface area contributed by atoms with E-state index in [0.29, 0.717) is 6.54 Å². The van der Waals surface area contributed by atoms with Crippen LogP contribution >= 0.6 is 0 Å². The van der Waals surface area contributed by atoms with Crippen molar-refractivity contribution in [3.63, 3.8) is 0 Å². The fourth-order valence-corrected chi connectivity index (χ4v) is 3.64. The van der Waals surface area contributed by atoms with Crippen molar-refractivity contribution in [1.29, 1.82) is 0 Å². The summed E-state index contributed by atoms with van der Waals surface area (Å²) in [5, 5.41) is 3.67. The second-order valence-corrected chi connectivity index (χ2v) is 7.48. The Morgan fingerprint density at radius 2 is 1.40 bits per heavy atom. The van der Waals surface area contributed by atoms with Crippen molar-refractivity contribution in [1.82, 2.24) is 14.5 Å². The molecular formula is C21H36N4. The third-order valence-corrected chi connectivity index (χ3v) is 5.92. The van der Waals surface area contributed by atoms with Crippen molar-refractivity contribution in [3.05, 3.63) is 46.0 Å². The van der Waals surface area contributed by atoms with Crippen molar-refractivity contribution in [3.8, 4) is 0 Å². The number of hydrogen-bond acceptors (Lipinski definition) is 2. The van der Waals surface area contributed by atoms with Crippen LogP contribution in [0.2, 0.25) is 0 Å². The zero-order chi connectivity index (χ0) is 18.6. The molecule has 0 spiro atoms. The van der Waals surface area contributed by atoms with E-state index in [9.17, 15) is 0 Å². The zero-order valence-corrected chi connectivity index (χ0v) is 16.9. The van der Waals surface area contributed by atoms with Gasteiger partial charge in [0.25, 0.3) is 0 Å². The molecule has 4 nitrogen and oxygen atoms in total. The molecule has 1 fully saturated rings. The third-order valence-electron chi connectivity index (χ3n) is 5.92. The lowest BCUT2D eigenvalue weighted by Crippen LogP contribution is -2.25. The molecule has 0 aliphatic heterocycles. The number of hydrogen-bond donors (Lipinski definition) is 2. The molecule has 1 aliphatic carbocycles. The minimum Gasteiger partial charge on any atom is -0.352 e. The fraction of sp³-hybridized carbons (Fsp3) is 0.619. The largest absolute Gasteiger partial charge is 0.352 e. The topological polar surface area (TPSA) is 47.9 Å². The van der Waals surface area contributed by atoms with Gasteiger partial charge in [-0.1, -0.05) is 12.8 Å². The smallest absolute Gasteiger partial charge is 0.0225 e. The van der Waals surface area contributed by atoms with Gasteiger partial charge in [-0.15, -0.1) is 0 Å². The number of nitrogens with two attached hydrogens (primary N) is 1. The van der Waals surface area contributed by atoms with Gasteiger partial charge in [0, 0.05) is 56.0 Å². The molecule has 0 atom stereocenters. The van der Waals surface area contributed by atoms with Gasteiger partial charge in [-0.2, -0.15) is 0 Å². The lowest BCUT2D eigenvalue weighted by molar-refractivity contribution is 0.523. The maximum atomic E-state index is 5.52. The summed E-state index contributed by atoms with van der Waals surface area (Å²) in [6.45, 7) is 10.2. The first-order valence-electron chi connectivity index (χ1n) is 9.52. The van der Waals surface area contributed by atoms with E-state index in [-0.39, 0.29) is 0 Å². The zero-order valence-electron chi connectivity index (χ0n) is 16.9. The summed E-state index contributed by atoms with van der Waals surface area (Å²) in [4.78, 5) is 0. The normalized spacial score (nSPS) is 14.7. The van der Waals surface area contributed by atoms with Crippen molar-refractivity contribution in [2.24, 2.45) is 19.8 Å². The summed E-state index contributed by atoms with van der Waals surface area (Å²) in [7, 11) is 4.20. The Balaban J connectivity index is 0.000000196. The molecule has 2 aromatic heterocycles.